The largest absolute Gasteiger partial charge is 0.325 e. The molecule has 0 radical (unpaired) electrons. The number of carbonyl (C=O) groups is 1. The van der Waals surface area contributed by atoms with E-state index in [2.05, 4.69) is 15.3 Å². The number of carbonyl (C=O) groups excluding carboxylic acids is 1. The molecule has 2 heterocycles. The van der Waals surface area contributed by atoms with Crippen LogP contribution in [0.25, 0.3) is 11.3 Å². The third kappa shape index (κ3) is 4.69. The molecule has 0 saturated carbocycles. The van der Waals surface area contributed by atoms with Crippen molar-refractivity contribution in [1.82, 2.24) is 9.97 Å². The van der Waals surface area contributed by atoms with Crippen molar-refractivity contribution in [2.45, 2.75) is 23.5 Å². The van der Waals surface area contributed by atoms with Gasteiger partial charge in [-0.25, -0.2) is 22.8 Å². The highest BCUT2D eigenvalue weighted by Gasteiger charge is 2.36. The Bertz CT molecular complexity index is 1560. The zero-order valence-corrected chi connectivity index (χ0v) is 20.8. The first-order valence-electron chi connectivity index (χ1n) is 11.0. The van der Waals surface area contributed by atoms with Crippen LogP contribution in [0, 0.1) is 12.7 Å². The minimum absolute atomic E-state index is 0.00394. The maximum absolute atomic E-state index is 13.6. The average molecular weight is 521 g/mol. The summed E-state index contributed by atoms with van der Waals surface area (Å²) in [7, 11) is -3.91. The van der Waals surface area contributed by atoms with Crippen LogP contribution in [-0.2, 0) is 21.4 Å². The number of aromatic nitrogens is 2. The van der Waals surface area contributed by atoms with Gasteiger partial charge < -0.3 is 5.32 Å². The van der Waals surface area contributed by atoms with Gasteiger partial charge in [0.25, 0.3) is 10.0 Å². The van der Waals surface area contributed by atoms with Gasteiger partial charge in [-0.15, -0.1) is 0 Å². The molecule has 3 aromatic carbocycles. The fraction of sp³-hybridized carbons (Fsp3) is 0.115. The van der Waals surface area contributed by atoms with Crippen LogP contribution in [0.4, 0.5) is 15.8 Å². The first kappa shape index (κ1) is 24.0. The van der Waals surface area contributed by atoms with Crippen LogP contribution >= 0.6 is 11.8 Å². The van der Waals surface area contributed by atoms with E-state index in [1.54, 1.807) is 12.1 Å². The van der Waals surface area contributed by atoms with Gasteiger partial charge in [-0.1, -0.05) is 54.2 Å². The lowest BCUT2D eigenvalue weighted by atomic mass is 10.1. The summed E-state index contributed by atoms with van der Waals surface area (Å²) in [4.78, 5) is 21.1. The molecule has 0 fully saturated rings. The molecule has 36 heavy (non-hydrogen) atoms. The number of amides is 1. The molecule has 5 rings (SSSR count). The number of para-hydroxylation sites is 1. The average Bonchev–Trinajstić information content (AvgIpc) is 2.87. The molecule has 10 heteroatoms. The van der Waals surface area contributed by atoms with E-state index in [4.69, 9.17) is 0 Å². The Morgan fingerprint density at radius 1 is 1.03 bits per heavy atom. The molecule has 0 aliphatic carbocycles. The highest BCUT2D eigenvalue weighted by atomic mass is 32.2. The molecule has 4 aromatic rings. The summed E-state index contributed by atoms with van der Waals surface area (Å²) < 4.78 is 41.7. The molecule has 0 unspecified atom stereocenters. The van der Waals surface area contributed by atoms with Gasteiger partial charge in [-0.3, -0.25) is 9.10 Å². The number of anilines is 2. The predicted octanol–water partition coefficient (Wildman–Crippen LogP) is 5.03. The van der Waals surface area contributed by atoms with Crippen molar-refractivity contribution in [3.05, 3.63) is 95.9 Å². The maximum Gasteiger partial charge on any atom is 0.268 e. The minimum atomic E-state index is -3.91. The number of nitrogens with one attached hydrogen (secondary N) is 1. The summed E-state index contributed by atoms with van der Waals surface area (Å²) in [6.07, 6.45) is 1.30. The molecule has 0 bridgehead atoms. The van der Waals surface area contributed by atoms with Crippen molar-refractivity contribution >= 4 is 39.1 Å². The number of aryl methyl sites for hydroxylation is 1. The number of nitrogens with zero attached hydrogens (tertiary/aromatic N) is 3. The van der Waals surface area contributed by atoms with Gasteiger partial charge in [0.15, 0.2) is 5.16 Å². The number of benzene rings is 3. The van der Waals surface area contributed by atoms with Gasteiger partial charge >= 0.3 is 0 Å². The minimum Gasteiger partial charge on any atom is -0.325 e. The third-order valence-corrected chi connectivity index (χ3v) is 8.39. The first-order valence-corrected chi connectivity index (χ1v) is 13.5. The highest BCUT2D eigenvalue weighted by Crippen LogP contribution is 2.43. The second kappa shape index (κ2) is 9.71. The van der Waals surface area contributed by atoms with E-state index in [9.17, 15) is 17.6 Å². The number of hydrogen-bond donors (Lipinski definition) is 1. The number of fused-ring (bicyclic) bond motifs is 3. The molecule has 182 valence electrons. The summed E-state index contributed by atoms with van der Waals surface area (Å²) in [5.74, 6) is -0.702. The van der Waals surface area contributed by atoms with Crippen molar-refractivity contribution < 1.29 is 17.6 Å². The molecule has 0 atom stereocenters. The van der Waals surface area contributed by atoms with Crippen molar-refractivity contribution in [3.8, 4) is 11.3 Å². The number of rotatable bonds is 6. The monoisotopic (exact) mass is 520 g/mol. The summed E-state index contributed by atoms with van der Waals surface area (Å²) in [5, 5.41) is 2.96. The van der Waals surface area contributed by atoms with Gasteiger partial charge in [0.05, 0.1) is 29.9 Å². The van der Waals surface area contributed by atoms with Crippen LogP contribution in [-0.4, -0.2) is 30.0 Å². The third-order valence-electron chi connectivity index (χ3n) is 5.76. The van der Waals surface area contributed by atoms with Gasteiger partial charge in [0.2, 0.25) is 5.91 Å². The fourth-order valence-corrected chi connectivity index (χ4v) is 6.08. The van der Waals surface area contributed by atoms with E-state index in [0.717, 1.165) is 22.9 Å². The Balaban J connectivity index is 1.41. The van der Waals surface area contributed by atoms with Crippen LogP contribution < -0.4 is 9.62 Å². The van der Waals surface area contributed by atoms with E-state index in [0.29, 0.717) is 22.6 Å². The quantitative estimate of drug-likeness (QED) is 0.283. The molecule has 0 spiro atoms. The number of halogens is 1. The Kier molecular flexibility index (Phi) is 6.46. The molecular formula is C26H21FN4O3S2. The molecule has 1 aliphatic heterocycles. The fourth-order valence-electron chi connectivity index (χ4n) is 3.92. The zero-order valence-electron chi connectivity index (χ0n) is 19.2. The molecule has 1 amide bonds. The van der Waals surface area contributed by atoms with Crippen molar-refractivity contribution in [1.29, 1.82) is 0 Å². The lowest BCUT2D eigenvalue weighted by Gasteiger charge is -2.31. The van der Waals surface area contributed by atoms with Crippen molar-refractivity contribution in [2.24, 2.45) is 0 Å². The Hall–Kier alpha value is -3.76. The lowest BCUT2D eigenvalue weighted by molar-refractivity contribution is -0.113. The van der Waals surface area contributed by atoms with Crippen molar-refractivity contribution in [2.75, 3.05) is 15.4 Å². The number of thioether (sulfide) groups is 1. The normalized spacial score (nSPS) is 13.6. The van der Waals surface area contributed by atoms with Gasteiger partial charge in [-0.2, -0.15) is 0 Å². The van der Waals surface area contributed by atoms with E-state index < -0.39 is 15.8 Å². The van der Waals surface area contributed by atoms with Gasteiger partial charge in [-0.05, 0) is 48.4 Å². The number of hydrogen-bond acceptors (Lipinski definition) is 6. The first-order chi connectivity index (χ1) is 17.3. The second-order valence-corrected chi connectivity index (χ2v) is 10.9. The van der Waals surface area contributed by atoms with Crippen molar-refractivity contribution in [3.63, 3.8) is 0 Å². The second-order valence-electron chi connectivity index (χ2n) is 8.16. The summed E-state index contributed by atoms with van der Waals surface area (Å²) in [6.45, 7) is 2.14. The Labute approximate surface area is 212 Å². The topological polar surface area (TPSA) is 92.3 Å². The lowest BCUT2D eigenvalue weighted by Crippen LogP contribution is -2.34. The standard InChI is InChI=1S/C26H21FN4O3S2/c1-17-6-2-3-7-18(17)15-31-22-9-5-4-8-21(22)25-23(36(31,33)34)14-28-26(30-25)35-16-24(32)29-20-12-10-19(27)11-13-20/h2-14H,15-16H2,1H3,(H,29,32). The Morgan fingerprint density at radius 3 is 2.53 bits per heavy atom. The Morgan fingerprint density at radius 2 is 1.75 bits per heavy atom. The van der Waals surface area contributed by atoms with Gasteiger partial charge in [0.1, 0.15) is 10.7 Å². The number of sulfonamides is 1. The highest BCUT2D eigenvalue weighted by molar-refractivity contribution is 7.99. The SMILES string of the molecule is Cc1ccccc1CN1c2ccccc2-c2nc(SCC(=O)Nc3ccc(F)cc3)ncc2S1(=O)=O. The summed E-state index contributed by atoms with van der Waals surface area (Å²) in [6, 6.07) is 20.3. The van der Waals surface area contributed by atoms with Crippen LogP contribution in [0.1, 0.15) is 11.1 Å². The summed E-state index contributed by atoms with van der Waals surface area (Å²) in [5.41, 5.74) is 3.90. The predicted molar refractivity (Wildman–Crippen MR) is 138 cm³/mol. The van der Waals surface area contributed by atoms with Gasteiger partial charge in [0, 0.05) is 11.3 Å². The van der Waals surface area contributed by atoms with E-state index >= 15 is 0 Å². The van der Waals surface area contributed by atoms with Crippen LogP contribution in [0.2, 0.25) is 0 Å². The van der Waals surface area contributed by atoms with Crippen LogP contribution in [0.5, 0.6) is 0 Å². The van der Waals surface area contributed by atoms with E-state index in [1.165, 1.54) is 34.8 Å². The molecule has 7 nitrogen and oxygen atoms in total. The van der Waals surface area contributed by atoms with Crippen LogP contribution in [0.3, 0.4) is 0 Å². The maximum atomic E-state index is 13.6. The van der Waals surface area contributed by atoms with E-state index in [1.807, 2.05) is 43.3 Å². The molecule has 1 aromatic heterocycles. The molecule has 1 N–H and O–H groups in total. The summed E-state index contributed by atoms with van der Waals surface area (Å²) >= 11 is 1.09. The van der Waals surface area contributed by atoms with E-state index in [-0.39, 0.29) is 28.3 Å². The molecule has 1 aliphatic rings. The zero-order chi connectivity index (χ0) is 25.3. The van der Waals surface area contributed by atoms with Crippen LogP contribution in [0.15, 0.2) is 89.0 Å². The molecular weight excluding hydrogens is 499 g/mol. The molecule has 0 saturated heterocycles. The smallest absolute Gasteiger partial charge is 0.268 e.